The van der Waals surface area contributed by atoms with E-state index in [9.17, 15) is 0 Å². The maximum Gasteiger partial charge on any atom is 0.130 e. The average molecular weight is 443 g/mol. The van der Waals surface area contributed by atoms with Crippen LogP contribution in [-0.4, -0.2) is 57.3 Å². The predicted octanol–water partition coefficient (Wildman–Crippen LogP) is 3.98. The molecule has 0 saturated carbocycles. The normalized spacial score (nSPS) is 15.6. The molecule has 1 unspecified atom stereocenters. The van der Waals surface area contributed by atoms with E-state index in [2.05, 4.69) is 57.2 Å². The Hall–Kier alpha value is -3.29. The van der Waals surface area contributed by atoms with Crippen molar-refractivity contribution in [1.29, 1.82) is 0 Å². The Morgan fingerprint density at radius 1 is 0.939 bits per heavy atom. The highest BCUT2D eigenvalue weighted by Crippen LogP contribution is 2.22. The summed E-state index contributed by atoms with van der Waals surface area (Å²) in [6.07, 6.45) is 0. The van der Waals surface area contributed by atoms with Crippen LogP contribution >= 0.6 is 0 Å². The molecule has 170 valence electrons. The molecule has 3 heterocycles. The van der Waals surface area contributed by atoms with Gasteiger partial charge >= 0.3 is 0 Å². The lowest BCUT2D eigenvalue weighted by Gasteiger charge is -2.31. The molecule has 0 radical (unpaired) electrons. The minimum Gasteiger partial charge on any atom is -0.379 e. The maximum atomic E-state index is 5.54. The molecule has 2 aromatic carbocycles. The minimum absolute atomic E-state index is 0.127. The van der Waals surface area contributed by atoms with E-state index in [1.165, 1.54) is 5.56 Å². The van der Waals surface area contributed by atoms with E-state index in [1.807, 2.05) is 32.0 Å². The van der Waals surface area contributed by atoms with Crippen molar-refractivity contribution >= 4 is 16.9 Å². The van der Waals surface area contributed by atoms with Gasteiger partial charge in [-0.25, -0.2) is 15.0 Å². The Balaban J connectivity index is 1.41. The molecule has 4 aromatic rings. The zero-order valence-electron chi connectivity index (χ0n) is 19.2. The van der Waals surface area contributed by atoms with Gasteiger partial charge in [0.05, 0.1) is 42.5 Å². The fourth-order valence-electron chi connectivity index (χ4n) is 4.48. The molecular weight excluding hydrogens is 412 g/mol. The fourth-order valence-corrected chi connectivity index (χ4v) is 4.48. The molecule has 1 saturated heterocycles. The summed E-state index contributed by atoms with van der Waals surface area (Å²) in [5.41, 5.74) is 4.34. The molecule has 1 N–H and O–H groups in total. The van der Waals surface area contributed by atoms with Crippen LogP contribution in [0.15, 0.2) is 60.7 Å². The Morgan fingerprint density at radius 2 is 1.70 bits per heavy atom. The fraction of sp³-hybridized carbons (Fsp3) is 0.346. The van der Waals surface area contributed by atoms with Gasteiger partial charge in [0.25, 0.3) is 0 Å². The highest BCUT2D eigenvalue weighted by Gasteiger charge is 2.19. The minimum atomic E-state index is 0.127. The first kappa shape index (κ1) is 21.6. The van der Waals surface area contributed by atoms with E-state index in [4.69, 9.17) is 19.7 Å². The Bertz CT molecular complexity index is 1220. The van der Waals surface area contributed by atoms with Crippen LogP contribution in [0.1, 0.15) is 28.9 Å². The molecule has 7 heteroatoms. The molecule has 0 spiro atoms. The maximum absolute atomic E-state index is 5.54. The summed E-state index contributed by atoms with van der Waals surface area (Å²) in [7, 11) is 0. The third-order valence-corrected chi connectivity index (χ3v) is 6.13. The summed E-state index contributed by atoms with van der Waals surface area (Å²) in [4.78, 5) is 16.6. The Kier molecular flexibility index (Phi) is 6.32. The second kappa shape index (κ2) is 9.68. The molecule has 7 nitrogen and oxygen atoms in total. The number of rotatable bonds is 7. The summed E-state index contributed by atoms with van der Waals surface area (Å²) < 4.78 is 7.75. The van der Waals surface area contributed by atoms with Gasteiger partial charge in [0, 0.05) is 25.7 Å². The second-order valence-corrected chi connectivity index (χ2v) is 8.55. The lowest BCUT2D eigenvalue weighted by atomic mass is 10.1. The number of aromatic nitrogens is 4. The highest BCUT2D eigenvalue weighted by atomic mass is 16.5. The smallest absolute Gasteiger partial charge is 0.130 e. The Labute approximate surface area is 194 Å². The van der Waals surface area contributed by atoms with Crippen molar-refractivity contribution < 1.29 is 4.74 Å². The van der Waals surface area contributed by atoms with Gasteiger partial charge in [-0.15, -0.1) is 0 Å². The van der Waals surface area contributed by atoms with Crippen molar-refractivity contribution in [3.05, 3.63) is 83.6 Å². The second-order valence-electron chi connectivity index (χ2n) is 8.55. The molecule has 0 amide bonds. The number of nitrogens with zero attached hydrogens (tertiary/aromatic N) is 5. The summed E-state index contributed by atoms with van der Waals surface area (Å²) in [6, 6.07) is 21.0. The van der Waals surface area contributed by atoms with Gasteiger partial charge in [-0.3, -0.25) is 4.90 Å². The van der Waals surface area contributed by atoms with Gasteiger partial charge in [-0.05, 0) is 31.5 Å². The zero-order valence-corrected chi connectivity index (χ0v) is 19.2. The number of anilines is 1. The number of imidazole rings is 1. The largest absolute Gasteiger partial charge is 0.379 e. The Morgan fingerprint density at radius 3 is 2.52 bits per heavy atom. The van der Waals surface area contributed by atoms with E-state index >= 15 is 0 Å². The molecule has 1 atom stereocenters. The summed E-state index contributed by atoms with van der Waals surface area (Å²) in [6.45, 7) is 9.03. The number of morpholine rings is 1. The van der Waals surface area contributed by atoms with Crippen LogP contribution in [0.25, 0.3) is 11.0 Å². The zero-order chi connectivity index (χ0) is 22.6. The van der Waals surface area contributed by atoms with Gasteiger partial charge in [0.15, 0.2) is 0 Å². The van der Waals surface area contributed by atoms with Crippen molar-refractivity contribution in [2.24, 2.45) is 0 Å². The molecule has 5 rings (SSSR count). The van der Waals surface area contributed by atoms with Crippen molar-refractivity contribution in [1.82, 2.24) is 24.4 Å². The third kappa shape index (κ3) is 5.05. The van der Waals surface area contributed by atoms with Gasteiger partial charge in [-0.2, -0.15) is 0 Å². The summed E-state index contributed by atoms with van der Waals surface area (Å²) in [5, 5.41) is 3.70. The molecular formula is C26H30N6O. The molecule has 2 aromatic heterocycles. The first-order valence-corrected chi connectivity index (χ1v) is 11.5. The summed E-state index contributed by atoms with van der Waals surface area (Å²) >= 11 is 0. The molecule has 0 bridgehead atoms. The predicted molar refractivity (Wildman–Crippen MR) is 130 cm³/mol. The highest BCUT2D eigenvalue weighted by molar-refractivity contribution is 5.75. The van der Waals surface area contributed by atoms with E-state index in [-0.39, 0.29) is 6.04 Å². The van der Waals surface area contributed by atoms with E-state index in [0.29, 0.717) is 6.54 Å². The van der Waals surface area contributed by atoms with Crippen molar-refractivity contribution in [2.45, 2.75) is 26.4 Å². The van der Waals surface area contributed by atoms with Crippen LogP contribution < -0.4 is 5.32 Å². The van der Waals surface area contributed by atoms with Gasteiger partial charge < -0.3 is 14.6 Å². The standard InChI is InChI=1S/C26H30N6O/c1-19-27-22(17-32-20(2)29-23-10-6-7-11-25(23)32)16-26(28-19)30-24(21-8-4-3-5-9-21)18-31-12-14-33-15-13-31/h3-11,16,24H,12-15,17-18H2,1-2H3,(H,27,28,30). The van der Waals surface area contributed by atoms with Crippen LogP contribution in [0.4, 0.5) is 5.82 Å². The molecule has 0 aliphatic carbocycles. The van der Waals surface area contributed by atoms with Crippen LogP contribution in [0.3, 0.4) is 0 Å². The third-order valence-electron chi connectivity index (χ3n) is 6.13. The van der Waals surface area contributed by atoms with Crippen molar-refractivity contribution in [3.8, 4) is 0 Å². The number of aryl methyl sites for hydroxylation is 2. The number of benzene rings is 2. The average Bonchev–Trinajstić information content (AvgIpc) is 3.14. The van der Waals surface area contributed by atoms with Gasteiger partial charge in [-0.1, -0.05) is 42.5 Å². The van der Waals surface area contributed by atoms with Gasteiger partial charge in [0.2, 0.25) is 0 Å². The number of hydrogen-bond acceptors (Lipinski definition) is 6. The van der Waals surface area contributed by atoms with Gasteiger partial charge in [0.1, 0.15) is 17.5 Å². The van der Waals surface area contributed by atoms with Crippen LogP contribution in [0.2, 0.25) is 0 Å². The van der Waals surface area contributed by atoms with E-state index in [0.717, 1.165) is 67.0 Å². The monoisotopic (exact) mass is 442 g/mol. The van der Waals surface area contributed by atoms with Crippen LogP contribution in [0.5, 0.6) is 0 Å². The summed E-state index contributed by atoms with van der Waals surface area (Å²) in [5.74, 6) is 2.59. The lowest BCUT2D eigenvalue weighted by Crippen LogP contribution is -2.40. The quantitative estimate of drug-likeness (QED) is 0.467. The molecule has 1 aliphatic heterocycles. The van der Waals surface area contributed by atoms with Crippen LogP contribution in [0, 0.1) is 13.8 Å². The topological polar surface area (TPSA) is 68.1 Å². The number of nitrogens with one attached hydrogen (secondary N) is 1. The first-order valence-electron chi connectivity index (χ1n) is 11.5. The molecule has 1 fully saturated rings. The molecule has 33 heavy (non-hydrogen) atoms. The van der Waals surface area contributed by atoms with Crippen LogP contribution in [-0.2, 0) is 11.3 Å². The first-order chi connectivity index (χ1) is 16.2. The van der Waals surface area contributed by atoms with E-state index in [1.54, 1.807) is 0 Å². The SMILES string of the molecule is Cc1nc(Cn2c(C)nc3ccccc32)cc(NC(CN2CCOCC2)c2ccccc2)n1. The van der Waals surface area contributed by atoms with Crippen molar-refractivity contribution in [3.63, 3.8) is 0 Å². The number of para-hydroxylation sites is 2. The molecule has 1 aliphatic rings. The number of hydrogen-bond donors (Lipinski definition) is 1. The number of fused-ring (bicyclic) bond motifs is 1. The number of ether oxygens (including phenoxy) is 1. The van der Waals surface area contributed by atoms with Crippen molar-refractivity contribution in [2.75, 3.05) is 38.2 Å². The lowest BCUT2D eigenvalue weighted by molar-refractivity contribution is 0.0360. The van der Waals surface area contributed by atoms with E-state index < -0.39 is 0 Å².